The van der Waals surface area contributed by atoms with Crippen LogP contribution in [-0.4, -0.2) is 34.6 Å². The molecular weight excluding hydrogens is 261 g/mol. The number of carbonyl (C=O) groups excluding carboxylic acids is 1. The van der Waals surface area contributed by atoms with E-state index in [2.05, 4.69) is 0 Å². The number of rotatable bonds is 4. The van der Waals surface area contributed by atoms with Crippen LogP contribution >= 0.6 is 0 Å². The van der Waals surface area contributed by atoms with Crippen LogP contribution in [-0.2, 0) is 0 Å². The molecule has 0 saturated heterocycles. The monoisotopic (exact) mass is 277 g/mol. The zero-order valence-electron chi connectivity index (χ0n) is 11.2. The lowest BCUT2D eigenvalue weighted by molar-refractivity contribution is 0.0630. The third kappa shape index (κ3) is 2.41. The number of amides is 1. The lowest BCUT2D eigenvalue weighted by Gasteiger charge is -2.24. The minimum absolute atomic E-state index is 0.144. The van der Waals surface area contributed by atoms with Crippen molar-refractivity contribution in [3.63, 3.8) is 0 Å². The van der Waals surface area contributed by atoms with Crippen LogP contribution in [0.1, 0.15) is 30.1 Å². The highest BCUT2D eigenvalue weighted by atomic mass is 19.1. The summed E-state index contributed by atoms with van der Waals surface area (Å²) in [4.78, 5) is 14.2. The molecule has 1 atom stereocenters. The molecule has 20 heavy (non-hydrogen) atoms. The fraction of sp³-hybridized carbons (Fsp3) is 0.400. The van der Waals surface area contributed by atoms with Gasteiger partial charge in [0.2, 0.25) is 0 Å². The lowest BCUT2D eigenvalue weighted by Crippen LogP contribution is -2.38. The first kappa shape index (κ1) is 13.1. The summed E-state index contributed by atoms with van der Waals surface area (Å²) in [6, 6.07) is 4.31. The van der Waals surface area contributed by atoms with E-state index in [9.17, 15) is 14.3 Å². The largest absolute Gasteiger partial charge is 0.464 e. The topological polar surface area (TPSA) is 53.7 Å². The van der Waals surface area contributed by atoms with Crippen LogP contribution in [0.3, 0.4) is 0 Å². The number of furan rings is 1. The van der Waals surface area contributed by atoms with Crippen LogP contribution in [0.2, 0.25) is 0 Å². The van der Waals surface area contributed by atoms with Gasteiger partial charge in [-0.1, -0.05) is 0 Å². The molecule has 4 nitrogen and oxygen atoms in total. The normalized spacial score (nSPS) is 16.4. The number of halogens is 1. The van der Waals surface area contributed by atoms with Gasteiger partial charge in [0.05, 0.1) is 17.9 Å². The number of hydrogen-bond donors (Lipinski definition) is 1. The molecule has 1 amide bonds. The molecule has 106 valence electrons. The summed E-state index contributed by atoms with van der Waals surface area (Å²) in [7, 11) is 0. The van der Waals surface area contributed by atoms with E-state index < -0.39 is 11.9 Å². The Morgan fingerprint density at radius 2 is 2.30 bits per heavy atom. The predicted molar refractivity (Wildman–Crippen MR) is 71.9 cm³/mol. The second-order valence-corrected chi connectivity index (χ2v) is 5.33. The Morgan fingerprint density at radius 3 is 2.95 bits per heavy atom. The average Bonchev–Trinajstić information content (AvgIpc) is 3.12. The number of carbonyl (C=O) groups is 1. The second-order valence-electron chi connectivity index (χ2n) is 5.33. The van der Waals surface area contributed by atoms with Gasteiger partial charge in [-0.2, -0.15) is 0 Å². The SMILES string of the molecule is CC(O)CN(C(=O)c1cc(F)cc2ccoc12)C1CC1. The molecule has 0 radical (unpaired) electrons. The molecule has 5 heteroatoms. The predicted octanol–water partition coefficient (Wildman–Crippen LogP) is 2.56. The van der Waals surface area contributed by atoms with Gasteiger partial charge in [-0.05, 0) is 38.0 Å². The van der Waals surface area contributed by atoms with Crippen LogP contribution in [0.5, 0.6) is 0 Å². The van der Waals surface area contributed by atoms with E-state index in [0.717, 1.165) is 12.8 Å². The Balaban J connectivity index is 2.00. The molecule has 1 aromatic heterocycles. The minimum Gasteiger partial charge on any atom is -0.464 e. The van der Waals surface area contributed by atoms with Crippen molar-refractivity contribution < 1.29 is 18.7 Å². The first-order chi connectivity index (χ1) is 9.56. The van der Waals surface area contributed by atoms with Gasteiger partial charge in [0.1, 0.15) is 11.4 Å². The van der Waals surface area contributed by atoms with E-state index >= 15 is 0 Å². The van der Waals surface area contributed by atoms with E-state index in [0.29, 0.717) is 11.0 Å². The molecule has 1 unspecified atom stereocenters. The number of fused-ring (bicyclic) bond motifs is 1. The maximum absolute atomic E-state index is 13.6. The standard InChI is InChI=1S/C15H16FNO3/c1-9(18)8-17(12-2-3-12)15(19)13-7-11(16)6-10-4-5-20-14(10)13/h4-7,9,12,18H,2-3,8H2,1H3. The van der Waals surface area contributed by atoms with Crippen LogP contribution in [0.4, 0.5) is 4.39 Å². The van der Waals surface area contributed by atoms with Crippen molar-refractivity contribution in [3.8, 4) is 0 Å². The van der Waals surface area contributed by atoms with Crippen LogP contribution < -0.4 is 0 Å². The van der Waals surface area contributed by atoms with Crippen LogP contribution in [0.25, 0.3) is 11.0 Å². The highest BCUT2D eigenvalue weighted by molar-refractivity contribution is 6.05. The van der Waals surface area contributed by atoms with E-state index in [1.54, 1.807) is 17.9 Å². The Kier molecular flexibility index (Phi) is 3.22. The summed E-state index contributed by atoms with van der Waals surface area (Å²) in [5, 5.41) is 10.1. The summed E-state index contributed by atoms with van der Waals surface area (Å²) >= 11 is 0. The lowest BCUT2D eigenvalue weighted by atomic mass is 10.1. The Hall–Kier alpha value is -1.88. The summed E-state index contributed by atoms with van der Waals surface area (Å²) < 4.78 is 18.9. The molecule has 1 aromatic carbocycles. The molecule has 1 heterocycles. The summed E-state index contributed by atoms with van der Waals surface area (Å²) in [5.41, 5.74) is 0.616. The molecule has 1 aliphatic rings. The second kappa shape index (κ2) is 4.90. The van der Waals surface area contributed by atoms with E-state index in [1.807, 2.05) is 0 Å². The maximum Gasteiger partial charge on any atom is 0.258 e. The molecular formula is C15H16FNO3. The number of benzene rings is 1. The third-order valence-electron chi connectivity index (χ3n) is 3.46. The highest BCUT2D eigenvalue weighted by Crippen LogP contribution is 2.30. The quantitative estimate of drug-likeness (QED) is 0.934. The van der Waals surface area contributed by atoms with Crippen molar-refractivity contribution >= 4 is 16.9 Å². The van der Waals surface area contributed by atoms with Gasteiger partial charge >= 0.3 is 0 Å². The average molecular weight is 277 g/mol. The summed E-state index contributed by atoms with van der Waals surface area (Å²) in [6.07, 6.45) is 2.68. The molecule has 0 bridgehead atoms. The molecule has 1 saturated carbocycles. The van der Waals surface area contributed by atoms with Crippen LogP contribution in [0.15, 0.2) is 28.9 Å². The van der Waals surface area contributed by atoms with Gasteiger partial charge in [-0.3, -0.25) is 4.79 Å². The van der Waals surface area contributed by atoms with Gasteiger partial charge < -0.3 is 14.4 Å². The van der Waals surface area contributed by atoms with Gasteiger partial charge in [0.25, 0.3) is 5.91 Å². The third-order valence-corrected chi connectivity index (χ3v) is 3.46. The molecule has 1 aliphatic carbocycles. The van der Waals surface area contributed by atoms with Gasteiger partial charge in [-0.25, -0.2) is 4.39 Å². The summed E-state index contributed by atoms with van der Waals surface area (Å²) in [6.45, 7) is 1.89. The van der Waals surface area contributed by atoms with Crippen LogP contribution in [0, 0.1) is 5.82 Å². The van der Waals surface area contributed by atoms with Crippen molar-refractivity contribution in [2.45, 2.75) is 31.9 Å². The number of nitrogens with zero attached hydrogens (tertiary/aromatic N) is 1. The minimum atomic E-state index is -0.611. The molecule has 2 aromatic rings. The number of aliphatic hydroxyl groups is 1. The van der Waals surface area contributed by atoms with Crippen molar-refractivity contribution in [2.75, 3.05) is 6.54 Å². The zero-order valence-corrected chi connectivity index (χ0v) is 11.2. The first-order valence-corrected chi connectivity index (χ1v) is 6.72. The number of hydrogen-bond acceptors (Lipinski definition) is 3. The molecule has 0 aliphatic heterocycles. The fourth-order valence-electron chi connectivity index (χ4n) is 2.43. The fourth-order valence-corrected chi connectivity index (χ4v) is 2.43. The van der Waals surface area contributed by atoms with Crippen molar-refractivity contribution in [1.29, 1.82) is 0 Å². The Bertz CT molecular complexity index is 646. The van der Waals surface area contributed by atoms with Gasteiger partial charge in [0, 0.05) is 18.0 Å². The zero-order chi connectivity index (χ0) is 14.3. The molecule has 3 rings (SSSR count). The molecule has 1 N–H and O–H groups in total. The Morgan fingerprint density at radius 1 is 1.55 bits per heavy atom. The number of aliphatic hydroxyl groups excluding tert-OH is 1. The smallest absolute Gasteiger partial charge is 0.258 e. The van der Waals surface area contributed by atoms with Crippen molar-refractivity contribution in [2.24, 2.45) is 0 Å². The van der Waals surface area contributed by atoms with E-state index in [4.69, 9.17) is 4.42 Å². The Labute approximate surface area is 115 Å². The molecule has 1 fully saturated rings. The van der Waals surface area contributed by atoms with E-state index in [-0.39, 0.29) is 24.1 Å². The highest BCUT2D eigenvalue weighted by Gasteiger charge is 2.34. The van der Waals surface area contributed by atoms with Gasteiger partial charge in [0.15, 0.2) is 0 Å². The van der Waals surface area contributed by atoms with E-state index in [1.165, 1.54) is 18.4 Å². The summed E-state index contributed by atoms with van der Waals surface area (Å²) in [5.74, 6) is -0.747. The molecule has 0 spiro atoms. The van der Waals surface area contributed by atoms with Crippen molar-refractivity contribution in [1.82, 2.24) is 4.90 Å². The first-order valence-electron chi connectivity index (χ1n) is 6.72. The van der Waals surface area contributed by atoms with Crippen molar-refractivity contribution in [3.05, 3.63) is 35.8 Å². The maximum atomic E-state index is 13.6. The van der Waals surface area contributed by atoms with Gasteiger partial charge in [-0.15, -0.1) is 0 Å².